The van der Waals surface area contributed by atoms with Crippen molar-refractivity contribution < 1.29 is 9.13 Å². The van der Waals surface area contributed by atoms with Crippen molar-refractivity contribution >= 4 is 17.4 Å². The zero-order chi connectivity index (χ0) is 15.4. The lowest BCUT2D eigenvalue weighted by atomic mass is 10.3. The van der Waals surface area contributed by atoms with E-state index in [0.29, 0.717) is 23.9 Å². The van der Waals surface area contributed by atoms with Crippen molar-refractivity contribution in [3.63, 3.8) is 0 Å². The zero-order valence-corrected chi connectivity index (χ0v) is 13.0. The molecule has 6 heteroatoms. The lowest BCUT2D eigenvalue weighted by Gasteiger charge is -2.14. The molecule has 0 aliphatic carbocycles. The molecule has 2 rings (SSSR count). The second kappa shape index (κ2) is 6.72. The number of hydrogen-bond acceptors (Lipinski definition) is 4. The number of rotatable bonds is 5. The van der Waals surface area contributed by atoms with Gasteiger partial charge in [-0.05, 0) is 32.0 Å². The molecule has 0 aliphatic heterocycles. The summed E-state index contributed by atoms with van der Waals surface area (Å²) in [6, 6.07) is 3.99. The van der Waals surface area contributed by atoms with Crippen LogP contribution in [0.4, 0.5) is 10.2 Å². The van der Waals surface area contributed by atoms with Gasteiger partial charge >= 0.3 is 0 Å². The van der Waals surface area contributed by atoms with Gasteiger partial charge in [-0.1, -0.05) is 18.5 Å². The minimum absolute atomic E-state index is 0.205. The quantitative estimate of drug-likeness (QED) is 0.891. The maximum atomic E-state index is 13.1. The van der Waals surface area contributed by atoms with Gasteiger partial charge in [0.15, 0.2) is 0 Å². The summed E-state index contributed by atoms with van der Waals surface area (Å²) in [7, 11) is 0. The van der Waals surface area contributed by atoms with Crippen LogP contribution in [0.3, 0.4) is 0 Å². The van der Waals surface area contributed by atoms with E-state index in [1.807, 2.05) is 20.8 Å². The molecule has 0 spiro atoms. The van der Waals surface area contributed by atoms with Crippen LogP contribution in [0, 0.1) is 12.7 Å². The molecule has 0 radical (unpaired) electrons. The minimum Gasteiger partial charge on any atom is -0.437 e. The Labute approximate surface area is 128 Å². The van der Waals surface area contributed by atoms with Gasteiger partial charge < -0.3 is 10.1 Å². The van der Waals surface area contributed by atoms with Crippen LogP contribution in [0.2, 0.25) is 5.02 Å². The van der Waals surface area contributed by atoms with E-state index in [1.165, 1.54) is 18.2 Å². The van der Waals surface area contributed by atoms with Crippen molar-refractivity contribution in [3.05, 3.63) is 40.4 Å². The summed E-state index contributed by atoms with van der Waals surface area (Å²) in [6.45, 7) is 6.57. The zero-order valence-electron chi connectivity index (χ0n) is 12.2. The van der Waals surface area contributed by atoms with E-state index in [1.54, 1.807) is 0 Å². The summed E-state index contributed by atoms with van der Waals surface area (Å²) in [4.78, 5) is 8.79. The third kappa shape index (κ3) is 3.61. The third-order valence-electron chi connectivity index (χ3n) is 2.91. The molecule has 112 valence electrons. The molecule has 21 heavy (non-hydrogen) atoms. The molecular weight excluding hydrogens is 293 g/mol. The maximum absolute atomic E-state index is 13.1. The van der Waals surface area contributed by atoms with E-state index >= 15 is 0 Å². The molecule has 1 aromatic heterocycles. The number of nitrogens with zero attached hydrogens (tertiary/aromatic N) is 2. The highest BCUT2D eigenvalue weighted by atomic mass is 35.5. The third-order valence-corrected chi connectivity index (χ3v) is 3.20. The lowest BCUT2D eigenvalue weighted by Crippen LogP contribution is -2.07. The summed E-state index contributed by atoms with van der Waals surface area (Å²) in [5.41, 5.74) is 0.787. The smallest absolute Gasteiger partial charge is 0.227 e. The van der Waals surface area contributed by atoms with Gasteiger partial charge in [-0.25, -0.2) is 9.37 Å². The minimum atomic E-state index is -0.408. The van der Waals surface area contributed by atoms with Crippen molar-refractivity contribution in [3.8, 4) is 11.6 Å². The van der Waals surface area contributed by atoms with Gasteiger partial charge in [0, 0.05) is 13.0 Å². The number of nitrogens with one attached hydrogen (secondary N) is 1. The monoisotopic (exact) mass is 309 g/mol. The van der Waals surface area contributed by atoms with Crippen molar-refractivity contribution in [2.24, 2.45) is 0 Å². The summed E-state index contributed by atoms with van der Waals surface area (Å²) < 4.78 is 18.8. The normalized spacial score (nSPS) is 10.5. The number of anilines is 1. The molecule has 0 fully saturated rings. The van der Waals surface area contributed by atoms with Crippen molar-refractivity contribution in [1.29, 1.82) is 0 Å². The van der Waals surface area contributed by atoms with Crippen LogP contribution >= 0.6 is 11.6 Å². The fourth-order valence-corrected chi connectivity index (χ4v) is 2.01. The largest absolute Gasteiger partial charge is 0.437 e. The number of aryl methyl sites for hydroxylation is 1. The Morgan fingerprint density at radius 2 is 2.05 bits per heavy atom. The fourth-order valence-electron chi connectivity index (χ4n) is 1.80. The first-order chi connectivity index (χ1) is 10.0. The second-order valence-electron chi connectivity index (χ2n) is 4.48. The topological polar surface area (TPSA) is 47.0 Å². The van der Waals surface area contributed by atoms with Gasteiger partial charge in [-0.2, -0.15) is 4.98 Å². The average Bonchev–Trinajstić information content (AvgIpc) is 2.46. The summed E-state index contributed by atoms with van der Waals surface area (Å²) in [5.74, 6) is 1.78. The van der Waals surface area contributed by atoms with E-state index in [2.05, 4.69) is 15.3 Å². The van der Waals surface area contributed by atoms with Crippen molar-refractivity contribution in [2.45, 2.75) is 27.2 Å². The predicted octanol–water partition coefficient (Wildman–Crippen LogP) is 4.36. The molecule has 0 bridgehead atoms. The van der Waals surface area contributed by atoms with E-state index in [9.17, 15) is 4.39 Å². The molecule has 0 atom stereocenters. The number of hydrogen-bond donors (Lipinski definition) is 1. The molecule has 0 saturated carbocycles. The van der Waals surface area contributed by atoms with Gasteiger partial charge in [0.2, 0.25) is 5.88 Å². The fraction of sp³-hybridized carbons (Fsp3) is 0.333. The first kappa shape index (κ1) is 15.5. The Morgan fingerprint density at radius 1 is 1.29 bits per heavy atom. The molecule has 0 aliphatic rings. The van der Waals surface area contributed by atoms with Crippen molar-refractivity contribution in [2.75, 3.05) is 11.9 Å². The van der Waals surface area contributed by atoms with E-state index < -0.39 is 5.82 Å². The van der Waals surface area contributed by atoms with E-state index in [-0.39, 0.29) is 5.02 Å². The van der Waals surface area contributed by atoms with Gasteiger partial charge in [0.1, 0.15) is 23.2 Å². The van der Waals surface area contributed by atoms with E-state index in [4.69, 9.17) is 16.3 Å². The molecule has 2 aromatic rings. The lowest BCUT2D eigenvalue weighted by molar-refractivity contribution is 0.453. The van der Waals surface area contributed by atoms with Crippen LogP contribution in [0.1, 0.15) is 25.2 Å². The molecule has 1 N–H and O–H groups in total. The number of benzene rings is 1. The molecule has 0 saturated heterocycles. The highest BCUT2D eigenvalue weighted by Crippen LogP contribution is 2.32. The van der Waals surface area contributed by atoms with Crippen LogP contribution in [-0.2, 0) is 6.42 Å². The van der Waals surface area contributed by atoms with E-state index in [0.717, 1.165) is 17.9 Å². The standard InChI is InChI=1S/C15H17ClFN3O/c1-4-13-19-14(18-5-2)9(3)15(20-13)21-12-7-6-10(17)8-11(12)16/h6-8H,4-5H2,1-3H3,(H,18,19,20). The predicted molar refractivity (Wildman–Crippen MR) is 81.8 cm³/mol. The Morgan fingerprint density at radius 3 is 2.67 bits per heavy atom. The van der Waals surface area contributed by atoms with Crippen LogP contribution < -0.4 is 10.1 Å². The van der Waals surface area contributed by atoms with Gasteiger partial charge in [-0.3, -0.25) is 0 Å². The molecule has 4 nitrogen and oxygen atoms in total. The van der Waals surface area contributed by atoms with Gasteiger partial charge in [0.05, 0.1) is 10.6 Å². The molecule has 0 unspecified atom stereocenters. The van der Waals surface area contributed by atoms with Crippen LogP contribution in [0.15, 0.2) is 18.2 Å². The Hall–Kier alpha value is -1.88. The molecule has 1 heterocycles. The highest BCUT2D eigenvalue weighted by molar-refractivity contribution is 6.32. The SMILES string of the molecule is CCNc1nc(CC)nc(Oc2ccc(F)cc2Cl)c1C. The van der Waals surface area contributed by atoms with Crippen LogP contribution in [0.5, 0.6) is 11.6 Å². The van der Waals surface area contributed by atoms with Crippen LogP contribution in [0.25, 0.3) is 0 Å². The maximum Gasteiger partial charge on any atom is 0.227 e. The first-order valence-electron chi connectivity index (χ1n) is 6.79. The Balaban J connectivity index is 2.40. The van der Waals surface area contributed by atoms with Gasteiger partial charge in [0.25, 0.3) is 0 Å². The van der Waals surface area contributed by atoms with Crippen molar-refractivity contribution in [1.82, 2.24) is 9.97 Å². The first-order valence-corrected chi connectivity index (χ1v) is 7.17. The summed E-state index contributed by atoms with van der Waals surface area (Å²) in [6.07, 6.45) is 0.687. The second-order valence-corrected chi connectivity index (χ2v) is 4.89. The highest BCUT2D eigenvalue weighted by Gasteiger charge is 2.13. The Kier molecular flexibility index (Phi) is 4.96. The molecule has 0 amide bonds. The number of halogens is 2. The Bertz CT molecular complexity index is 649. The summed E-state index contributed by atoms with van der Waals surface area (Å²) in [5, 5.41) is 3.38. The van der Waals surface area contributed by atoms with Crippen LogP contribution in [-0.4, -0.2) is 16.5 Å². The number of ether oxygens (including phenoxy) is 1. The summed E-state index contributed by atoms with van der Waals surface area (Å²) >= 11 is 5.98. The average molecular weight is 310 g/mol. The molecule has 1 aromatic carbocycles. The molecular formula is C15H17ClFN3O. The number of aromatic nitrogens is 2. The van der Waals surface area contributed by atoms with Gasteiger partial charge in [-0.15, -0.1) is 0 Å².